The van der Waals surface area contributed by atoms with E-state index in [-0.39, 0.29) is 17.6 Å². The van der Waals surface area contributed by atoms with Crippen LogP contribution in [0.1, 0.15) is 36.2 Å². The van der Waals surface area contributed by atoms with E-state index in [1.807, 2.05) is 10.3 Å². The minimum absolute atomic E-state index is 0.0233. The fourth-order valence-corrected chi connectivity index (χ4v) is 4.57. The number of likely N-dealkylation sites (tertiary alicyclic amines) is 2. The second-order valence-corrected chi connectivity index (χ2v) is 8.61. The number of hydrogen-bond donors (Lipinski definition) is 1. The molecule has 0 aliphatic carbocycles. The summed E-state index contributed by atoms with van der Waals surface area (Å²) in [6, 6.07) is 0. The number of carboxylic acid groups (broad SMARTS) is 1. The molecule has 1 spiro atoms. The molecule has 1 N–H and O–H groups in total. The quantitative estimate of drug-likeness (QED) is 0.713. The lowest BCUT2D eigenvalue weighted by atomic mass is 9.98. The van der Waals surface area contributed by atoms with E-state index in [4.69, 9.17) is 19.4 Å². The number of halogens is 3. The molecule has 3 aliphatic heterocycles. The van der Waals surface area contributed by atoms with Gasteiger partial charge in [0.25, 0.3) is 5.91 Å². The highest BCUT2D eigenvalue weighted by atomic mass is 32.1. The number of thiazole rings is 1. The summed E-state index contributed by atoms with van der Waals surface area (Å²) in [7, 11) is 0. The van der Waals surface area contributed by atoms with Gasteiger partial charge in [0, 0.05) is 24.9 Å². The molecule has 1 aromatic rings. The first-order valence-corrected chi connectivity index (χ1v) is 11.1. The molecule has 0 saturated carbocycles. The Morgan fingerprint density at radius 2 is 2.03 bits per heavy atom. The Kier molecular flexibility index (Phi) is 7.89. The van der Waals surface area contributed by atoms with Crippen molar-refractivity contribution >= 4 is 23.2 Å². The predicted molar refractivity (Wildman–Crippen MR) is 105 cm³/mol. The lowest BCUT2D eigenvalue weighted by Gasteiger charge is -2.23. The van der Waals surface area contributed by atoms with Gasteiger partial charge >= 0.3 is 12.1 Å². The van der Waals surface area contributed by atoms with E-state index in [2.05, 4.69) is 9.88 Å². The van der Waals surface area contributed by atoms with Crippen LogP contribution in [0.2, 0.25) is 0 Å². The van der Waals surface area contributed by atoms with Crippen LogP contribution in [0.3, 0.4) is 0 Å². The van der Waals surface area contributed by atoms with Gasteiger partial charge in [-0.15, -0.1) is 11.3 Å². The summed E-state index contributed by atoms with van der Waals surface area (Å²) in [6.07, 6.45) is -0.485. The summed E-state index contributed by atoms with van der Waals surface area (Å²) < 4.78 is 43.9. The summed E-state index contributed by atoms with van der Waals surface area (Å²) >= 11 is 1.46. The van der Waals surface area contributed by atoms with E-state index in [9.17, 15) is 18.0 Å². The number of amides is 1. The highest BCUT2D eigenvalue weighted by Gasteiger charge is 2.47. The molecule has 174 valence electrons. The van der Waals surface area contributed by atoms with E-state index in [1.54, 1.807) is 5.51 Å². The van der Waals surface area contributed by atoms with Crippen molar-refractivity contribution in [2.24, 2.45) is 0 Å². The van der Waals surface area contributed by atoms with Gasteiger partial charge in [0.1, 0.15) is 5.69 Å². The average Bonchev–Trinajstić information content (AvgIpc) is 3.51. The highest BCUT2D eigenvalue weighted by molar-refractivity contribution is 7.07. The lowest BCUT2D eigenvalue weighted by molar-refractivity contribution is -0.192. The molecule has 1 aromatic heterocycles. The number of hydrogen-bond acceptors (Lipinski definition) is 7. The standard InChI is InChI=1S/C17H25N3O3S.C2HF3O2/c21-16(15-11-24-13-18-15)20-6-3-17(12-20)9-14(10-23-17)22-8-7-19-4-1-2-5-19;3-2(4,5)1(6)7/h11,13-14H,1-10,12H2;(H,6,7)/t14-,17+;/m1./s1. The third-order valence-corrected chi connectivity index (χ3v) is 6.22. The van der Waals surface area contributed by atoms with Crippen LogP contribution in [0.5, 0.6) is 0 Å². The molecule has 0 radical (unpaired) electrons. The average molecular weight is 465 g/mol. The van der Waals surface area contributed by atoms with E-state index in [0.29, 0.717) is 18.8 Å². The second-order valence-electron chi connectivity index (χ2n) is 7.89. The highest BCUT2D eigenvalue weighted by Crippen LogP contribution is 2.36. The van der Waals surface area contributed by atoms with Crippen molar-refractivity contribution in [1.29, 1.82) is 0 Å². The normalized spacial score (nSPS) is 26.3. The number of rotatable bonds is 5. The number of carbonyl (C=O) groups excluding carboxylic acids is 1. The Morgan fingerprint density at radius 3 is 2.65 bits per heavy atom. The van der Waals surface area contributed by atoms with Crippen molar-refractivity contribution in [1.82, 2.24) is 14.8 Å². The minimum Gasteiger partial charge on any atom is -0.475 e. The number of ether oxygens (including phenoxy) is 2. The van der Waals surface area contributed by atoms with Crippen LogP contribution in [-0.4, -0.2) is 95.6 Å². The van der Waals surface area contributed by atoms with Crippen LogP contribution in [0.25, 0.3) is 0 Å². The molecule has 31 heavy (non-hydrogen) atoms. The predicted octanol–water partition coefficient (Wildman–Crippen LogP) is 2.26. The zero-order chi connectivity index (χ0) is 22.5. The van der Waals surface area contributed by atoms with Crippen LogP contribution in [0, 0.1) is 0 Å². The molecule has 3 saturated heterocycles. The van der Waals surface area contributed by atoms with Gasteiger partial charge in [-0.2, -0.15) is 13.2 Å². The summed E-state index contributed by atoms with van der Waals surface area (Å²) in [5, 5.41) is 8.94. The first-order chi connectivity index (χ1) is 14.7. The smallest absolute Gasteiger partial charge is 0.475 e. The van der Waals surface area contributed by atoms with E-state index < -0.39 is 12.1 Å². The number of aromatic nitrogens is 1. The van der Waals surface area contributed by atoms with E-state index >= 15 is 0 Å². The lowest BCUT2D eigenvalue weighted by Crippen LogP contribution is -2.36. The number of alkyl halides is 3. The monoisotopic (exact) mass is 465 g/mol. The van der Waals surface area contributed by atoms with Gasteiger partial charge in [0.2, 0.25) is 0 Å². The number of carbonyl (C=O) groups is 2. The van der Waals surface area contributed by atoms with Gasteiger partial charge in [-0.1, -0.05) is 0 Å². The second kappa shape index (κ2) is 10.2. The number of nitrogens with zero attached hydrogens (tertiary/aromatic N) is 3. The number of carboxylic acids is 1. The Labute approximate surface area is 181 Å². The molecule has 4 heterocycles. The molecule has 0 aromatic carbocycles. The van der Waals surface area contributed by atoms with Gasteiger partial charge in [0.05, 0.1) is 37.0 Å². The third kappa shape index (κ3) is 6.61. The summed E-state index contributed by atoms with van der Waals surface area (Å²) in [6.45, 7) is 6.29. The zero-order valence-electron chi connectivity index (χ0n) is 17.0. The van der Waals surface area contributed by atoms with E-state index in [1.165, 1.54) is 37.3 Å². The van der Waals surface area contributed by atoms with Gasteiger partial charge in [-0.25, -0.2) is 9.78 Å². The first kappa shape index (κ1) is 23.9. The molecule has 12 heteroatoms. The Bertz CT molecular complexity index is 743. The fraction of sp³-hybridized carbons (Fsp3) is 0.737. The van der Waals surface area contributed by atoms with Gasteiger partial charge < -0.3 is 24.4 Å². The molecule has 0 bridgehead atoms. The molecular weight excluding hydrogens is 439 g/mol. The van der Waals surface area contributed by atoms with Gasteiger partial charge in [0.15, 0.2) is 0 Å². The molecule has 4 rings (SSSR count). The molecule has 2 atom stereocenters. The zero-order valence-corrected chi connectivity index (χ0v) is 17.8. The maximum absolute atomic E-state index is 12.4. The van der Waals surface area contributed by atoms with Crippen LogP contribution in [0.15, 0.2) is 10.9 Å². The molecule has 3 aliphatic rings. The van der Waals surface area contributed by atoms with Crippen LogP contribution >= 0.6 is 11.3 Å². The van der Waals surface area contributed by atoms with Gasteiger partial charge in [-0.3, -0.25) is 4.79 Å². The summed E-state index contributed by atoms with van der Waals surface area (Å²) in [4.78, 5) is 29.8. The largest absolute Gasteiger partial charge is 0.490 e. The molecule has 3 fully saturated rings. The van der Waals surface area contributed by atoms with Crippen molar-refractivity contribution in [2.75, 3.05) is 45.9 Å². The first-order valence-electron chi connectivity index (χ1n) is 10.1. The maximum Gasteiger partial charge on any atom is 0.490 e. The third-order valence-electron chi connectivity index (χ3n) is 5.63. The summed E-state index contributed by atoms with van der Waals surface area (Å²) in [5.41, 5.74) is 2.05. The van der Waals surface area contributed by atoms with Gasteiger partial charge in [-0.05, 0) is 32.4 Å². The van der Waals surface area contributed by atoms with Crippen LogP contribution in [0.4, 0.5) is 13.2 Å². The molecule has 0 unspecified atom stereocenters. The van der Waals surface area contributed by atoms with Crippen LogP contribution in [-0.2, 0) is 14.3 Å². The Hall–Kier alpha value is -1.76. The Morgan fingerprint density at radius 1 is 1.32 bits per heavy atom. The minimum atomic E-state index is -5.08. The number of aliphatic carboxylic acids is 1. The SMILES string of the molecule is O=C(O)C(F)(F)F.O=C(c1cscn1)N1CC[C@]2(C[C@@H](OCCN3CCCC3)CO2)C1. The van der Waals surface area contributed by atoms with E-state index in [0.717, 1.165) is 32.5 Å². The summed E-state index contributed by atoms with van der Waals surface area (Å²) in [5.74, 6) is -2.73. The van der Waals surface area contributed by atoms with Crippen molar-refractivity contribution in [3.63, 3.8) is 0 Å². The van der Waals surface area contributed by atoms with Crippen molar-refractivity contribution in [3.05, 3.63) is 16.6 Å². The van der Waals surface area contributed by atoms with Crippen LogP contribution < -0.4 is 0 Å². The van der Waals surface area contributed by atoms with Crippen molar-refractivity contribution < 1.29 is 37.3 Å². The molecule has 8 nitrogen and oxygen atoms in total. The maximum atomic E-state index is 12.4. The molecular formula is C19H26F3N3O5S. The fourth-order valence-electron chi connectivity index (χ4n) is 4.05. The topological polar surface area (TPSA) is 92.2 Å². The molecule has 1 amide bonds. The Balaban J connectivity index is 0.000000339. The van der Waals surface area contributed by atoms with Crippen molar-refractivity contribution in [2.45, 2.75) is 43.6 Å². The van der Waals surface area contributed by atoms with Crippen molar-refractivity contribution in [3.8, 4) is 0 Å².